The average Bonchev–Trinajstić information content (AvgIpc) is 2.49. The van der Waals surface area contributed by atoms with Gasteiger partial charge in [-0.3, -0.25) is 4.72 Å². The summed E-state index contributed by atoms with van der Waals surface area (Å²) < 4.78 is 51.1. The van der Waals surface area contributed by atoms with Gasteiger partial charge in [0.2, 0.25) is 0 Å². The first-order valence-electron chi connectivity index (χ1n) is 7.14. The molecule has 0 heterocycles. The van der Waals surface area contributed by atoms with Gasteiger partial charge in [-0.2, -0.15) is 0 Å². The molecule has 124 valence electrons. The van der Waals surface area contributed by atoms with Crippen LogP contribution in [0.3, 0.4) is 0 Å². The van der Waals surface area contributed by atoms with E-state index in [0.29, 0.717) is 24.7 Å². The molecule has 0 saturated heterocycles. The number of nitrogens with one attached hydrogen (secondary N) is 1. The van der Waals surface area contributed by atoms with Crippen LogP contribution in [-0.4, -0.2) is 21.6 Å². The zero-order chi connectivity index (χ0) is 16.9. The highest BCUT2D eigenvalue weighted by molar-refractivity contribution is 7.92. The number of rotatable bonds is 7. The summed E-state index contributed by atoms with van der Waals surface area (Å²) in [7, 11) is -3.85. The van der Waals surface area contributed by atoms with Crippen molar-refractivity contribution in [2.24, 2.45) is 0 Å². The third-order valence-corrected chi connectivity index (χ3v) is 4.28. The Morgan fingerprint density at radius 2 is 1.70 bits per heavy atom. The SMILES string of the molecule is CCOc1ccc(S(=O)(=O)Nc2cccc(F)c2)cc1OCC. The molecule has 0 aromatic heterocycles. The van der Waals surface area contributed by atoms with Gasteiger partial charge in [0.15, 0.2) is 11.5 Å². The quantitative estimate of drug-likeness (QED) is 0.839. The Hall–Kier alpha value is -2.28. The fourth-order valence-electron chi connectivity index (χ4n) is 1.96. The van der Waals surface area contributed by atoms with Gasteiger partial charge < -0.3 is 9.47 Å². The van der Waals surface area contributed by atoms with Gasteiger partial charge in [0.25, 0.3) is 10.0 Å². The predicted octanol–water partition coefficient (Wildman–Crippen LogP) is 3.42. The molecule has 0 saturated carbocycles. The van der Waals surface area contributed by atoms with Crippen LogP contribution >= 0.6 is 0 Å². The first kappa shape index (κ1) is 17.1. The number of sulfonamides is 1. The van der Waals surface area contributed by atoms with Gasteiger partial charge in [-0.05, 0) is 44.2 Å². The third-order valence-electron chi connectivity index (χ3n) is 2.90. The van der Waals surface area contributed by atoms with Crippen LogP contribution in [0.5, 0.6) is 11.5 Å². The summed E-state index contributed by atoms with van der Waals surface area (Å²) >= 11 is 0. The van der Waals surface area contributed by atoms with Crippen LogP contribution in [0.2, 0.25) is 0 Å². The minimum absolute atomic E-state index is 0.00802. The number of hydrogen-bond acceptors (Lipinski definition) is 4. The molecular formula is C16H18FNO4S. The summed E-state index contributed by atoms with van der Waals surface area (Å²) in [5, 5.41) is 0. The molecule has 23 heavy (non-hydrogen) atoms. The number of benzene rings is 2. The molecule has 7 heteroatoms. The molecule has 0 unspecified atom stereocenters. The lowest BCUT2D eigenvalue weighted by Gasteiger charge is -2.13. The molecule has 1 N–H and O–H groups in total. The Labute approximate surface area is 135 Å². The normalized spacial score (nSPS) is 11.1. The molecular weight excluding hydrogens is 321 g/mol. The van der Waals surface area contributed by atoms with Gasteiger partial charge >= 0.3 is 0 Å². The summed E-state index contributed by atoms with van der Waals surface area (Å²) in [6.07, 6.45) is 0. The topological polar surface area (TPSA) is 64.6 Å². The van der Waals surface area contributed by atoms with E-state index in [1.807, 2.05) is 6.92 Å². The smallest absolute Gasteiger partial charge is 0.262 e. The fraction of sp³-hybridized carbons (Fsp3) is 0.250. The van der Waals surface area contributed by atoms with E-state index in [-0.39, 0.29) is 10.6 Å². The van der Waals surface area contributed by atoms with Crippen LogP contribution in [0.4, 0.5) is 10.1 Å². The van der Waals surface area contributed by atoms with Gasteiger partial charge in [0.1, 0.15) is 5.82 Å². The minimum Gasteiger partial charge on any atom is -0.490 e. The van der Waals surface area contributed by atoms with Crippen molar-refractivity contribution in [3.8, 4) is 11.5 Å². The lowest BCUT2D eigenvalue weighted by molar-refractivity contribution is 0.287. The molecule has 0 aliphatic heterocycles. The minimum atomic E-state index is -3.85. The number of anilines is 1. The summed E-state index contributed by atoms with van der Waals surface area (Å²) in [6.45, 7) is 4.43. The van der Waals surface area contributed by atoms with Gasteiger partial charge in [-0.1, -0.05) is 6.07 Å². The maximum absolute atomic E-state index is 13.2. The number of ether oxygens (including phenoxy) is 2. The number of hydrogen-bond donors (Lipinski definition) is 1. The van der Waals surface area contributed by atoms with E-state index < -0.39 is 15.8 Å². The standard InChI is InChI=1S/C16H18FNO4S/c1-3-21-15-9-8-14(11-16(15)22-4-2)23(19,20)18-13-7-5-6-12(17)10-13/h5-11,18H,3-4H2,1-2H3. The Balaban J connectivity index is 2.33. The summed E-state index contributed by atoms with van der Waals surface area (Å²) in [5.41, 5.74) is 0.150. The molecule has 0 fully saturated rings. The largest absolute Gasteiger partial charge is 0.490 e. The van der Waals surface area contributed by atoms with Crippen molar-refractivity contribution >= 4 is 15.7 Å². The Morgan fingerprint density at radius 3 is 2.35 bits per heavy atom. The van der Waals surface area contributed by atoms with E-state index >= 15 is 0 Å². The van der Waals surface area contributed by atoms with Crippen LogP contribution < -0.4 is 14.2 Å². The first-order valence-corrected chi connectivity index (χ1v) is 8.62. The van der Waals surface area contributed by atoms with E-state index in [9.17, 15) is 12.8 Å². The van der Waals surface area contributed by atoms with Crippen LogP contribution in [0, 0.1) is 5.82 Å². The third kappa shape index (κ3) is 4.35. The van der Waals surface area contributed by atoms with Crippen LogP contribution in [-0.2, 0) is 10.0 Å². The highest BCUT2D eigenvalue weighted by atomic mass is 32.2. The van der Waals surface area contributed by atoms with Crippen molar-refractivity contribution < 1.29 is 22.3 Å². The zero-order valence-corrected chi connectivity index (χ0v) is 13.7. The van der Waals surface area contributed by atoms with Crippen molar-refractivity contribution in [1.82, 2.24) is 0 Å². The van der Waals surface area contributed by atoms with E-state index in [1.54, 1.807) is 6.92 Å². The van der Waals surface area contributed by atoms with Crippen LogP contribution in [0.1, 0.15) is 13.8 Å². The Morgan fingerprint density at radius 1 is 1.00 bits per heavy atom. The second-order valence-corrected chi connectivity index (χ2v) is 6.27. The lowest BCUT2D eigenvalue weighted by atomic mass is 10.3. The second kappa shape index (κ2) is 7.32. The molecule has 5 nitrogen and oxygen atoms in total. The molecule has 0 radical (unpaired) electrons. The van der Waals surface area contributed by atoms with Crippen molar-refractivity contribution in [3.63, 3.8) is 0 Å². The highest BCUT2D eigenvalue weighted by Gasteiger charge is 2.17. The van der Waals surface area contributed by atoms with Crippen molar-refractivity contribution in [2.75, 3.05) is 17.9 Å². The highest BCUT2D eigenvalue weighted by Crippen LogP contribution is 2.31. The molecule has 0 atom stereocenters. The monoisotopic (exact) mass is 339 g/mol. The Bertz CT molecular complexity index is 777. The lowest BCUT2D eigenvalue weighted by Crippen LogP contribution is -2.13. The first-order chi connectivity index (χ1) is 11.0. The van der Waals surface area contributed by atoms with E-state index in [2.05, 4.69) is 4.72 Å². The van der Waals surface area contributed by atoms with Crippen molar-refractivity contribution in [3.05, 3.63) is 48.3 Å². The van der Waals surface area contributed by atoms with Gasteiger partial charge in [-0.25, -0.2) is 12.8 Å². The summed E-state index contributed by atoms with van der Waals surface area (Å²) in [5.74, 6) is 0.294. The van der Waals surface area contributed by atoms with Crippen molar-refractivity contribution in [2.45, 2.75) is 18.7 Å². The Kier molecular flexibility index (Phi) is 5.44. The molecule has 0 amide bonds. The maximum Gasteiger partial charge on any atom is 0.262 e. The molecule has 0 aliphatic carbocycles. The van der Waals surface area contributed by atoms with Crippen LogP contribution in [0.15, 0.2) is 47.4 Å². The van der Waals surface area contributed by atoms with Gasteiger partial charge in [0.05, 0.1) is 23.8 Å². The molecule has 0 spiro atoms. The van der Waals surface area contributed by atoms with Gasteiger partial charge in [-0.15, -0.1) is 0 Å². The predicted molar refractivity (Wildman–Crippen MR) is 86.0 cm³/mol. The molecule has 2 aromatic rings. The summed E-state index contributed by atoms with van der Waals surface area (Å²) in [6, 6.07) is 9.58. The van der Waals surface area contributed by atoms with Crippen molar-refractivity contribution in [1.29, 1.82) is 0 Å². The van der Waals surface area contributed by atoms with E-state index in [1.165, 1.54) is 36.4 Å². The average molecular weight is 339 g/mol. The fourth-order valence-corrected chi connectivity index (χ4v) is 3.03. The van der Waals surface area contributed by atoms with Gasteiger partial charge in [0, 0.05) is 6.07 Å². The molecule has 0 aliphatic rings. The second-order valence-electron chi connectivity index (χ2n) is 4.59. The molecule has 2 aromatic carbocycles. The van der Waals surface area contributed by atoms with Crippen LogP contribution in [0.25, 0.3) is 0 Å². The summed E-state index contributed by atoms with van der Waals surface area (Å²) in [4.78, 5) is 0.00802. The maximum atomic E-state index is 13.2. The molecule has 2 rings (SSSR count). The zero-order valence-electron chi connectivity index (χ0n) is 12.9. The van der Waals surface area contributed by atoms with E-state index in [4.69, 9.17) is 9.47 Å². The molecule has 0 bridgehead atoms. The number of halogens is 1. The van der Waals surface area contributed by atoms with E-state index in [0.717, 1.165) is 6.07 Å².